The summed E-state index contributed by atoms with van der Waals surface area (Å²) in [7, 11) is 0. The fourth-order valence-electron chi connectivity index (χ4n) is 10.5. The molecule has 0 fully saturated rings. The molecule has 0 radical (unpaired) electrons. The van der Waals surface area contributed by atoms with Crippen molar-refractivity contribution in [2.75, 3.05) is 0 Å². The van der Waals surface area contributed by atoms with Crippen molar-refractivity contribution in [1.29, 1.82) is 0 Å². The van der Waals surface area contributed by atoms with Gasteiger partial charge in [-0.3, -0.25) is 0 Å². The second-order valence-electron chi connectivity index (χ2n) is 17.7. The van der Waals surface area contributed by atoms with Gasteiger partial charge in [-0.15, -0.1) is 0 Å². The minimum absolute atomic E-state index is 0.169. The van der Waals surface area contributed by atoms with Crippen LogP contribution in [0.25, 0.3) is 122 Å². The fourth-order valence-corrected chi connectivity index (χ4v) is 10.5. The Balaban J connectivity index is 0.984. The van der Waals surface area contributed by atoms with Gasteiger partial charge in [-0.25, -0.2) is 9.97 Å². The summed E-state index contributed by atoms with van der Waals surface area (Å²) >= 11 is 0. The predicted octanol–water partition coefficient (Wildman–Crippen LogP) is 16.5. The first kappa shape index (κ1) is 36.5. The average molecular weight is 817 g/mol. The number of hydrogen-bond acceptors (Lipinski definition) is 3. The topological polar surface area (TPSA) is 38.9 Å². The van der Waals surface area contributed by atoms with Gasteiger partial charge in [-0.2, -0.15) is 0 Å². The van der Waals surface area contributed by atoms with E-state index >= 15 is 0 Å². The van der Waals surface area contributed by atoms with E-state index in [1.807, 2.05) is 6.07 Å². The number of rotatable bonds is 5. The van der Waals surface area contributed by atoms with E-state index in [4.69, 9.17) is 14.4 Å². The Labute approximate surface area is 371 Å². The van der Waals surface area contributed by atoms with Crippen molar-refractivity contribution in [3.8, 4) is 67.3 Å². The third-order valence-electron chi connectivity index (χ3n) is 13.7. The molecule has 0 amide bonds. The van der Waals surface area contributed by atoms with Crippen LogP contribution >= 0.6 is 0 Å². The van der Waals surface area contributed by atoms with Crippen LogP contribution in [-0.2, 0) is 5.41 Å². The van der Waals surface area contributed by atoms with Crippen LogP contribution in [0.4, 0.5) is 0 Å². The minimum Gasteiger partial charge on any atom is -0.455 e. The summed E-state index contributed by atoms with van der Waals surface area (Å²) in [5, 5.41) is 9.36. The summed E-state index contributed by atoms with van der Waals surface area (Å²) in [5.74, 6) is 0.704. The Bertz CT molecular complexity index is 3880. The zero-order valence-corrected chi connectivity index (χ0v) is 35.4. The zero-order valence-electron chi connectivity index (χ0n) is 35.4. The fraction of sp³-hybridized carbons (Fsp3) is 0.0492. The minimum atomic E-state index is -0.169. The highest BCUT2D eigenvalue weighted by atomic mass is 16.3. The summed E-state index contributed by atoms with van der Waals surface area (Å²) < 4.78 is 6.51. The van der Waals surface area contributed by atoms with Crippen molar-refractivity contribution in [3.63, 3.8) is 0 Å². The molecule has 300 valence electrons. The van der Waals surface area contributed by atoms with Crippen molar-refractivity contribution in [2.24, 2.45) is 0 Å². The molecule has 3 nitrogen and oxygen atoms in total. The quantitative estimate of drug-likeness (QED) is 0.174. The van der Waals surface area contributed by atoms with Gasteiger partial charge in [0.2, 0.25) is 0 Å². The van der Waals surface area contributed by atoms with Crippen molar-refractivity contribution in [1.82, 2.24) is 9.97 Å². The van der Waals surface area contributed by atoms with Gasteiger partial charge in [-0.1, -0.05) is 184 Å². The number of hydrogen-bond donors (Lipinski definition) is 0. The molecule has 0 aliphatic heterocycles. The van der Waals surface area contributed by atoms with Gasteiger partial charge < -0.3 is 4.42 Å². The average Bonchev–Trinajstić information content (AvgIpc) is 3.84. The Morgan fingerprint density at radius 2 is 1.00 bits per heavy atom. The highest BCUT2D eigenvalue weighted by Gasteiger charge is 2.37. The van der Waals surface area contributed by atoms with Crippen molar-refractivity contribution >= 4 is 54.3 Å². The molecule has 64 heavy (non-hydrogen) atoms. The van der Waals surface area contributed by atoms with Crippen molar-refractivity contribution in [2.45, 2.75) is 19.3 Å². The smallest absolute Gasteiger partial charge is 0.160 e. The molecule has 12 aromatic rings. The highest BCUT2D eigenvalue weighted by molar-refractivity contribution is 6.16. The molecule has 0 bridgehead atoms. The lowest BCUT2D eigenvalue weighted by atomic mass is 9.81. The van der Waals surface area contributed by atoms with Crippen LogP contribution in [0.3, 0.4) is 0 Å². The first-order chi connectivity index (χ1) is 31.5. The Hall–Kier alpha value is -8.14. The van der Waals surface area contributed by atoms with Crippen LogP contribution in [-0.4, -0.2) is 9.97 Å². The molecule has 10 aromatic carbocycles. The summed E-state index contributed by atoms with van der Waals surface area (Å²) in [6.07, 6.45) is 0. The van der Waals surface area contributed by atoms with Gasteiger partial charge in [0.15, 0.2) is 5.82 Å². The maximum absolute atomic E-state index is 6.51. The van der Waals surface area contributed by atoms with Crippen LogP contribution in [0.1, 0.15) is 25.0 Å². The molecule has 1 aliphatic rings. The highest BCUT2D eigenvalue weighted by Crippen LogP contribution is 2.53. The Morgan fingerprint density at radius 1 is 0.359 bits per heavy atom. The van der Waals surface area contributed by atoms with E-state index in [0.29, 0.717) is 5.82 Å². The van der Waals surface area contributed by atoms with E-state index in [1.54, 1.807) is 0 Å². The summed E-state index contributed by atoms with van der Waals surface area (Å²) in [5.41, 5.74) is 16.5. The van der Waals surface area contributed by atoms with E-state index in [2.05, 4.69) is 214 Å². The molecule has 3 heteroatoms. The number of furan rings is 1. The number of aromatic nitrogens is 2. The van der Waals surface area contributed by atoms with Crippen LogP contribution in [0.2, 0.25) is 0 Å². The Kier molecular flexibility index (Phi) is 7.95. The summed E-state index contributed by atoms with van der Waals surface area (Å²) in [4.78, 5) is 10.8. The van der Waals surface area contributed by atoms with E-state index in [9.17, 15) is 0 Å². The van der Waals surface area contributed by atoms with E-state index in [1.165, 1.54) is 60.5 Å². The lowest BCUT2D eigenvalue weighted by Gasteiger charge is -2.22. The van der Waals surface area contributed by atoms with E-state index in [0.717, 1.165) is 66.4 Å². The molecule has 0 saturated heterocycles. The van der Waals surface area contributed by atoms with Crippen LogP contribution in [0.5, 0.6) is 0 Å². The van der Waals surface area contributed by atoms with Gasteiger partial charge >= 0.3 is 0 Å². The van der Waals surface area contributed by atoms with Crippen LogP contribution in [0.15, 0.2) is 211 Å². The molecule has 0 atom stereocenters. The largest absolute Gasteiger partial charge is 0.455 e. The SMILES string of the molecule is CC1(C)c2cc3ccccc3cc2-c2c(-c3cc(-c4ccc(-c5ccccc5-c5ccc6oc7c8ccccc8ccc7c6c5)c5ccccc45)nc(-c4ccccc4)n3)cccc21. The van der Waals surface area contributed by atoms with Gasteiger partial charge in [0.25, 0.3) is 0 Å². The normalized spacial score (nSPS) is 13.0. The number of fused-ring (bicyclic) bond motifs is 10. The molecule has 1 aliphatic carbocycles. The van der Waals surface area contributed by atoms with Gasteiger partial charge in [0.1, 0.15) is 11.2 Å². The zero-order chi connectivity index (χ0) is 42.5. The van der Waals surface area contributed by atoms with E-state index in [-0.39, 0.29) is 5.41 Å². The molecular weight excluding hydrogens is 777 g/mol. The van der Waals surface area contributed by atoms with Crippen molar-refractivity contribution in [3.05, 3.63) is 217 Å². The third kappa shape index (κ3) is 5.54. The Morgan fingerprint density at radius 3 is 1.81 bits per heavy atom. The number of nitrogens with zero attached hydrogens (tertiary/aromatic N) is 2. The molecule has 0 unspecified atom stereocenters. The lowest BCUT2D eigenvalue weighted by molar-refractivity contribution is 0.661. The summed E-state index contributed by atoms with van der Waals surface area (Å²) in [6, 6.07) is 74.3. The maximum atomic E-state index is 6.51. The van der Waals surface area contributed by atoms with Crippen LogP contribution in [0, 0.1) is 0 Å². The molecule has 0 saturated carbocycles. The van der Waals surface area contributed by atoms with Gasteiger partial charge in [-0.05, 0) is 108 Å². The number of benzene rings is 10. The second-order valence-corrected chi connectivity index (χ2v) is 17.7. The second kappa shape index (κ2) is 13.9. The summed E-state index contributed by atoms with van der Waals surface area (Å²) in [6.45, 7) is 4.70. The third-order valence-corrected chi connectivity index (χ3v) is 13.7. The van der Waals surface area contributed by atoms with Gasteiger partial charge in [0, 0.05) is 38.3 Å². The van der Waals surface area contributed by atoms with E-state index < -0.39 is 0 Å². The molecule has 0 spiro atoms. The standard InChI is InChI=1S/C61H40N2O/c1-61(2)53-26-14-25-50(58(53)52-33-39-18-6-7-19-40(39)35-54(52)61)56-36-55(62-60(63-56)38-16-4-3-5-17-38)48-31-30-47(45-23-12-13-24-46(45)48)44-22-11-10-20-42(44)41-28-32-57-51(34-41)49-29-27-37-15-8-9-21-43(37)59(49)64-57/h3-36H,1-2H3. The van der Waals surface area contributed by atoms with Crippen LogP contribution < -0.4 is 0 Å². The molecule has 13 rings (SSSR count). The van der Waals surface area contributed by atoms with Gasteiger partial charge in [0.05, 0.1) is 11.4 Å². The maximum Gasteiger partial charge on any atom is 0.160 e. The monoisotopic (exact) mass is 816 g/mol. The molecule has 2 heterocycles. The predicted molar refractivity (Wildman–Crippen MR) is 267 cm³/mol. The molecule has 0 N–H and O–H groups in total. The first-order valence-corrected chi connectivity index (χ1v) is 22.1. The molecular formula is C61H40N2O. The van der Waals surface area contributed by atoms with Crippen molar-refractivity contribution < 1.29 is 4.42 Å². The lowest BCUT2D eigenvalue weighted by Crippen LogP contribution is -2.14. The first-order valence-electron chi connectivity index (χ1n) is 22.1. The molecule has 2 aromatic heterocycles.